The molecule has 0 unspecified atom stereocenters. The summed E-state index contributed by atoms with van der Waals surface area (Å²) in [4.78, 5) is 0. The van der Waals surface area contributed by atoms with Gasteiger partial charge in [-0.2, -0.15) is 0 Å². The van der Waals surface area contributed by atoms with Gasteiger partial charge in [0.15, 0.2) is 0 Å². The molecule has 1 heteroatoms. The van der Waals surface area contributed by atoms with E-state index in [4.69, 9.17) is 11.6 Å². The zero-order valence-corrected chi connectivity index (χ0v) is 15.6. The Morgan fingerprint density at radius 3 is 2.24 bits per heavy atom. The number of halogens is 1. The molecule has 0 atom stereocenters. The maximum atomic E-state index is 6.06. The maximum absolute atomic E-state index is 6.06. The Bertz CT molecular complexity index is 858. The summed E-state index contributed by atoms with van der Waals surface area (Å²) in [7, 11) is 0. The van der Waals surface area contributed by atoms with Gasteiger partial charge in [-0.15, -0.1) is 0 Å². The van der Waals surface area contributed by atoms with Crippen molar-refractivity contribution in [2.45, 2.75) is 26.7 Å². The highest BCUT2D eigenvalue weighted by molar-refractivity contribution is 6.30. The van der Waals surface area contributed by atoms with Crippen LogP contribution in [0.15, 0.2) is 78.9 Å². The molecule has 0 saturated carbocycles. The number of aryl methyl sites for hydroxylation is 3. The SMILES string of the molecule is Cc1ccc(C)c(CC/C=C(/c2ccccc2)c2ccc(Cl)cc2)c1. The van der Waals surface area contributed by atoms with Crippen LogP contribution < -0.4 is 0 Å². The molecular weight excluding hydrogens is 324 g/mol. The van der Waals surface area contributed by atoms with E-state index in [9.17, 15) is 0 Å². The number of benzene rings is 3. The third-order valence-corrected chi connectivity index (χ3v) is 4.76. The van der Waals surface area contributed by atoms with Gasteiger partial charge < -0.3 is 0 Å². The topological polar surface area (TPSA) is 0 Å². The van der Waals surface area contributed by atoms with Gasteiger partial charge in [0.25, 0.3) is 0 Å². The Labute approximate surface area is 155 Å². The van der Waals surface area contributed by atoms with Crippen molar-refractivity contribution in [2.75, 3.05) is 0 Å². The molecule has 0 aliphatic heterocycles. The molecule has 0 aliphatic rings. The first-order valence-corrected chi connectivity index (χ1v) is 9.09. The molecule has 126 valence electrons. The first kappa shape index (κ1) is 17.5. The van der Waals surface area contributed by atoms with Crippen LogP contribution in [-0.4, -0.2) is 0 Å². The smallest absolute Gasteiger partial charge is 0.0406 e. The summed E-state index contributed by atoms with van der Waals surface area (Å²) in [6.45, 7) is 4.34. The third kappa shape index (κ3) is 4.61. The van der Waals surface area contributed by atoms with Crippen LogP contribution in [-0.2, 0) is 6.42 Å². The van der Waals surface area contributed by atoms with Crippen molar-refractivity contribution in [2.24, 2.45) is 0 Å². The Morgan fingerprint density at radius 1 is 0.840 bits per heavy atom. The first-order chi connectivity index (χ1) is 12.1. The number of allylic oxidation sites excluding steroid dienone is 1. The van der Waals surface area contributed by atoms with Gasteiger partial charge in [0.1, 0.15) is 0 Å². The molecular formula is C24H23Cl. The van der Waals surface area contributed by atoms with Crippen molar-refractivity contribution < 1.29 is 0 Å². The lowest BCUT2D eigenvalue weighted by Crippen LogP contribution is -1.92. The summed E-state index contributed by atoms with van der Waals surface area (Å²) in [5.41, 5.74) is 7.84. The van der Waals surface area contributed by atoms with E-state index in [-0.39, 0.29) is 0 Å². The fourth-order valence-corrected chi connectivity index (χ4v) is 3.22. The summed E-state index contributed by atoms with van der Waals surface area (Å²) in [5, 5.41) is 0.770. The molecule has 0 saturated heterocycles. The van der Waals surface area contributed by atoms with Gasteiger partial charge in [0.05, 0.1) is 0 Å². The van der Waals surface area contributed by atoms with Gasteiger partial charge in [-0.05, 0) is 66.6 Å². The van der Waals surface area contributed by atoms with Crippen LogP contribution in [0.25, 0.3) is 5.57 Å². The highest BCUT2D eigenvalue weighted by atomic mass is 35.5. The molecule has 3 aromatic rings. The zero-order valence-electron chi connectivity index (χ0n) is 14.8. The first-order valence-electron chi connectivity index (χ1n) is 8.71. The summed E-state index contributed by atoms with van der Waals surface area (Å²) >= 11 is 6.06. The van der Waals surface area contributed by atoms with Crippen molar-refractivity contribution in [1.82, 2.24) is 0 Å². The highest BCUT2D eigenvalue weighted by Crippen LogP contribution is 2.26. The zero-order chi connectivity index (χ0) is 17.6. The lowest BCUT2D eigenvalue weighted by atomic mass is 9.95. The second-order valence-electron chi connectivity index (χ2n) is 6.46. The molecule has 0 bridgehead atoms. The fraction of sp³-hybridized carbons (Fsp3) is 0.167. The van der Waals surface area contributed by atoms with E-state index in [0.29, 0.717) is 0 Å². The van der Waals surface area contributed by atoms with E-state index >= 15 is 0 Å². The van der Waals surface area contributed by atoms with E-state index in [1.807, 2.05) is 12.1 Å². The normalized spacial score (nSPS) is 11.6. The lowest BCUT2D eigenvalue weighted by molar-refractivity contribution is 0.985. The Morgan fingerprint density at radius 2 is 1.52 bits per heavy atom. The van der Waals surface area contributed by atoms with Crippen LogP contribution in [0.4, 0.5) is 0 Å². The average molecular weight is 347 g/mol. The Kier molecular flexibility index (Phi) is 5.73. The number of hydrogen-bond acceptors (Lipinski definition) is 0. The maximum Gasteiger partial charge on any atom is 0.0406 e. The summed E-state index contributed by atoms with van der Waals surface area (Å²) in [6.07, 6.45) is 4.41. The summed E-state index contributed by atoms with van der Waals surface area (Å²) in [6, 6.07) is 25.4. The lowest BCUT2D eigenvalue weighted by Gasteiger charge is -2.10. The van der Waals surface area contributed by atoms with Crippen LogP contribution in [0, 0.1) is 13.8 Å². The Hall–Kier alpha value is -2.31. The minimum Gasteiger partial charge on any atom is -0.0843 e. The molecule has 0 heterocycles. The Balaban J connectivity index is 1.87. The number of hydrogen-bond donors (Lipinski definition) is 0. The molecule has 0 radical (unpaired) electrons. The summed E-state index contributed by atoms with van der Waals surface area (Å²) in [5.74, 6) is 0. The van der Waals surface area contributed by atoms with E-state index in [2.05, 4.69) is 80.6 Å². The van der Waals surface area contributed by atoms with E-state index in [1.165, 1.54) is 33.4 Å². The third-order valence-electron chi connectivity index (χ3n) is 4.51. The van der Waals surface area contributed by atoms with Crippen molar-refractivity contribution in [1.29, 1.82) is 0 Å². The highest BCUT2D eigenvalue weighted by Gasteiger charge is 2.05. The van der Waals surface area contributed by atoms with E-state index in [0.717, 1.165) is 17.9 Å². The van der Waals surface area contributed by atoms with Crippen molar-refractivity contribution >= 4 is 17.2 Å². The quantitative estimate of drug-likeness (QED) is 0.465. The molecule has 0 fully saturated rings. The fourth-order valence-electron chi connectivity index (χ4n) is 3.09. The minimum absolute atomic E-state index is 0.770. The van der Waals surface area contributed by atoms with Gasteiger partial charge >= 0.3 is 0 Å². The van der Waals surface area contributed by atoms with E-state index < -0.39 is 0 Å². The largest absolute Gasteiger partial charge is 0.0843 e. The van der Waals surface area contributed by atoms with Crippen LogP contribution in [0.3, 0.4) is 0 Å². The second-order valence-corrected chi connectivity index (χ2v) is 6.90. The van der Waals surface area contributed by atoms with E-state index in [1.54, 1.807) is 0 Å². The van der Waals surface area contributed by atoms with Crippen LogP contribution in [0.5, 0.6) is 0 Å². The molecule has 0 amide bonds. The monoisotopic (exact) mass is 346 g/mol. The molecule has 0 N–H and O–H groups in total. The van der Waals surface area contributed by atoms with Crippen molar-refractivity contribution in [3.05, 3.63) is 112 Å². The molecule has 0 aromatic heterocycles. The number of rotatable bonds is 5. The summed E-state index contributed by atoms with van der Waals surface area (Å²) < 4.78 is 0. The van der Waals surface area contributed by atoms with Gasteiger partial charge in [-0.3, -0.25) is 0 Å². The van der Waals surface area contributed by atoms with Crippen molar-refractivity contribution in [3.63, 3.8) is 0 Å². The molecule has 25 heavy (non-hydrogen) atoms. The van der Waals surface area contributed by atoms with Crippen molar-refractivity contribution in [3.8, 4) is 0 Å². The van der Waals surface area contributed by atoms with Gasteiger partial charge in [-0.25, -0.2) is 0 Å². The molecule has 0 aliphatic carbocycles. The van der Waals surface area contributed by atoms with Gasteiger partial charge in [-0.1, -0.05) is 83.9 Å². The minimum atomic E-state index is 0.770. The van der Waals surface area contributed by atoms with Gasteiger partial charge in [0.2, 0.25) is 0 Å². The molecule has 3 rings (SSSR count). The predicted octanol–water partition coefficient (Wildman–Crippen LogP) is 7.02. The van der Waals surface area contributed by atoms with Crippen LogP contribution in [0.2, 0.25) is 5.02 Å². The molecule has 3 aromatic carbocycles. The van der Waals surface area contributed by atoms with Crippen LogP contribution in [0.1, 0.15) is 34.2 Å². The standard InChI is InChI=1S/C24H23Cl/c1-18-11-12-19(2)22(17-18)9-6-10-24(20-7-4-3-5-8-20)21-13-15-23(25)16-14-21/h3-5,7-8,10-17H,6,9H2,1-2H3/b24-10-. The van der Waals surface area contributed by atoms with Gasteiger partial charge in [0, 0.05) is 5.02 Å². The average Bonchev–Trinajstić information content (AvgIpc) is 2.63. The molecule has 0 spiro atoms. The predicted molar refractivity (Wildman–Crippen MR) is 109 cm³/mol. The second kappa shape index (κ2) is 8.18. The molecule has 0 nitrogen and oxygen atoms in total. The van der Waals surface area contributed by atoms with Crippen LogP contribution >= 0.6 is 11.6 Å².